The fourth-order valence-electron chi connectivity index (χ4n) is 3.17. The maximum atomic E-state index is 13.3. The second kappa shape index (κ2) is 7.98. The average molecular weight is 421 g/mol. The largest absolute Gasteiger partial charge is 0.494 e. The number of thiazole rings is 1. The van der Waals surface area contributed by atoms with E-state index in [4.69, 9.17) is 14.0 Å². The third kappa shape index (κ3) is 4.06. The van der Waals surface area contributed by atoms with Crippen molar-refractivity contribution in [3.63, 3.8) is 0 Å². The van der Waals surface area contributed by atoms with Gasteiger partial charge in [-0.1, -0.05) is 36.4 Å². The van der Waals surface area contributed by atoms with Crippen LogP contribution in [0.15, 0.2) is 64.2 Å². The van der Waals surface area contributed by atoms with Crippen LogP contribution in [-0.4, -0.2) is 23.3 Å². The number of benzene rings is 1. The van der Waals surface area contributed by atoms with Gasteiger partial charge in [-0.25, -0.2) is 4.98 Å². The molecule has 0 spiro atoms. The third-order valence-corrected chi connectivity index (χ3v) is 6.26. The highest BCUT2D eigenvalue weighted by Gasteiger charge is 2.51. The Balaban J connectivity index is 1.74. The van der Waals surface area contributed by atoms with Crippen molar-refractivity contribution in [1.29, 1.82) is 0 Å². The van der Waals surface area contributed by atoms with Crippen molar-refractivity contribution < 1.29 is 14.0 Å². The summed E-state index contributed by atoms with van der Waals surface area (Å²) < 4.78 is 18.3. The van der Waals surface area contributed by atoms with Gasteiger partial charge in [0.25, 0.3) is 0 Å². The standard InChI is InChI=1S/C23H24BNO4S/c1-22(2)23(3,4)29-24(28-22)17-10-11-20(27-13-16-8-6-5-7-9-16)21(26)18(12-17)19-14-30-15-25-19/h5-12,14-15H,13H2,1-4H3. The molecule has 3 aromatic rings. The summed E-state index contributed by atoms with van der Waals surface area (Å²) in [6.07, 6.45) is 0. The predicted octanol–water partition coefficient (Wildman–Crippen LogP) is 4.05. The van der Waals surface area contributed by atoms with E-state index >= 15 is 0 Å². The lowest BCUT2D eigenvalue weighted by Crippen LogP contribution is -2.41. The molecular formula is C23H24BNO4S. The topological polar surface area (TPSA) is 57.7 Å². The van der Waals surface area contributed by atoms with Crippen LogP contribution in [0.5, 0.6) is 5.75 Å². The van der Waals surface area contributed by atoms with Gasteiger partial charge in [-0.05, 0) is 50.9 Å². The molecule has 154 valence electrons. The van der Waals surface area contributed by atoms with Crippen molar-refractivity contribution in [2.24, 2.45) is 0 Å². The Morgan fingerprint density at radius 1 is 1.03 bits per heavy atom. The molecule has 1 aliphatic heterocycles. The maximum Gasteiger partial charge on any atom is 0.494 e. The molecule has 0 unspecified atom stereocenters. The average Bonchev–Trinajstić information content (AvgIpc) is 3.26. The van der Waals surface area contributed by atoms with Gasteiger partial charge in [0.1, 0.15) is 6.61 Å². The lowest BCUT2D eigenvalue weighted by molar-refractivity contribution is 0.00578. The minimum absolute atomic E-state index is 0.209. The summed E-state index contributed by atoms with van der Waals surface area (Å²) in [5.74, 6) is 0.268. The molecule has 0 saturated carbocycles. The van der Waals surface area contributed by atoms with Crippen LogP contribution in [0, 0.1) is 0 Å². The summed E-state index contributed by atoms with van der Waals surface area (Å²) in [7, 11) is -0.582. The molecule has 1 fully saturated rings. The molecule has 0 aliphatic carbocycles. The van der Waals surface area contributed by atoms with Crippen LogP contribution in [-0.2, 0) is 15.9 Å². The van der Waals surface area contributed by atoms with E-state index in [1.165, 1.54) is 11.3 Å². The normalized spacial score (nSPS) is 17.1. The van der Waals surface area contributed by atoms with Crippen LogP contribution in [0.1, 0.15) is 33.3 Å². The van der Waals surface area contributed by atoms with Gasteiger partial charge in [-0.15, -0.1) is 11.3 Å². The molecule has 5 nitrogen and oxygen atoms in total. The van der Waals surface area contributed by atoms with Crippen LogP contribution < -0.4 is 15.6 Å². The molecule has 0 radical (unpaired) electrons. The van der Waals surface area contributed by atoms with Crippen LogP contribution in [0.25, 0.3) is 11.3 Å². The van der Waals surface area contributed by atoms with E-state index in [-0.39, 0.29) is 11.2 Å². The minimum atomic E-state index is -0.582. The van der Waals surface area contributed by atoms with Crippen LogP contribution in [0.4, 0.5) is 0 Å². The van der Waals surface area contributed by atoms with Crippen LogP contribution in [0.2, 0.25) is 0 Å². The van der Waals surface area contributed by atoms with Gasteiger partial charge in [0, 0.05) is 5.38 Å². The zero-order valence-electron chi connectivity index (χ0n) is 17.5. The fraction of sp³-hybridized carbons (Fsp3) is 0.304. The van der Waals surface area contributed by atoms with E-state index in [0.717, 1.165) is 11.0 Å². The molecule has 1 aliphatic rings. The SMILES string of the molecule is CC1(C)OB(c2ccc(OCc3ccccc3)c(=O)c(-c3cscn3)c2)OC1(C)C. The molecule has 7 heteroatoms. The highest BCUT2D eigenvalue weighted by Crippen LogP contribution is 2.36. The van der Waals surface area contributed by atoms with Crippen molar-refractivity contribution in [2.75, 3.05) is 0 Å². The zero-order chi connectivity index (χ0) is 21.4. The molecule has 2 heterocycles. The van der Waals surface area contributed by atoms with Crippen molar-refractivity contribution in [3.8, 4) is 17.0 Å². The van der Waals surface area contributed by atoms with Gasteiger partial charge in [0.2, 0.25) is 5.43 Å². The highest BCUT2D eigenvalue weighted by atomic mass is 32.1. The summed E-state index contributed by atoms with van der Waals surface area (Å²) in [5.41, 5.74) is 3.38. The molecule has 30 heavy (non-hydrogen) atoms. The first-order valence-corrected chi connectivity index (χ1v) is 10.8. The Labute approximate surface area is 180 Å². The Morgan fingerprint density at radius 3 is 2.37 bits per heavy atom. The first kappa shape index (κ1) is 20.8. The fourth-order valence-corrected chi connectivity index (χ4v) is 3.72. The lowest BCUT2D eigenvalue weighted by atomic mass is 9.79. The Bertz CT molecular complexity index is 1070. The van der Waals surface area contributed by atoms with Crippen LogP contribution >= 0.6 is 11.3 Å². The molecule has 1 saturated heterocycles. The van der Waals surface area contributed by atoms with Gasteiger partial charge < -0.3 is 14.0 Å². The molecule has 1 aromatic heterocycles. The number of aromatic nitrogens is 1. The number of rotatable bonds is 5. The Hall–Kier alpha value is -2.48. The minimum Gasteiger partial charge on any atom is -0.485 e. The molecule has 0 atom stereocenters. The van der Waals surface area contributed by atoms with Crippen molar-refractivity contribution >= 4 is 23.9 Å². The van der Waals surface area contributed by atoms with E-state index in [0.29, 0.717) is 17.9 Å². The zero-order valence-corrected chi connectivity index (χ0v) is 18.4. The second-order valence-corrected chi connectivity index (χ2v) is 9.04. The summed E-state index contributed by atoms with van der Waals surface area (Å²) in [6, 6.07) is 15.1. The third-order valence-electron chi connectivity index (χ3n) is 5.68. The molecule has 0 bridgehead atoms. The van der Waals surface area contributed by atoms with Gasteiger partial charge >= 0.3 is 7.12 Å². The number of hydrogen-bond acceptors (Lipinski definition) is 6. The predicted molar refractivity (Wildman–Crippen MR) is 120 cm³/mol. The maximum absolute atomic E-state index is 13.3. The molecule has 0 amide bonds. The van der Waals surface area contributed by atoms with E-state index in [1.54, 1.807) is 17.6 Å². The molecular weight excluding hydrogens is 397 g/mol. The van der Waals surface area contributed by atoms with Gasteiger partial charge in [0.15, 0.2) is 5.75 Å². The molecule has 2 aromatic carbocycles. The quantitative estimate of drug-likeness (QED) is 0.582. The van der Waals surface area contributed by atoms with E-state index < -0.39 is 18.3 Å². The first-order chi connectivity index (χ1) is 14.3. The Kier molecular flexibility index (Phi) is 5.53. The van der Waals surface area contributed by atoms with Gasteiger partial charge in [0.05, 0.1) is 28.0 Å². The van der Waals surface area contributed by atoms with Crippen molar-refractivity contribution in [3.05, 3.63) is 75.2 Å². The summed E-state index contributed by atoms with van der Waals surface area (Å²) >= 11 is 1.44. The van der Waals surface area contributed by atoms with E-state index in [2.05, 4.69) is 4.98 Å². The summed E-state index contributed by atoms with van der Waals surface area (Å²) in [4.78, 5) is 17.6. The second-order valence-electron chi connectivity index (χ2n) is 8.32. The summed E-state index contributed by atoms with van der Waals surface area (Å²) in [6.45, 7) is 8.33. The number of nitrogens with zero attached hydrogens (tertiary/aromatic N) is 1. The van der Waals surface area contributed by atoms with Crippen LogP contribution in [0.3, 0.4) is 0 Å². The smallest absolute Gasteiger partial charge is 0.485 e. The van der Waals surface area contributed by atoms with E-state index in [9.17, 15) is 4.79 Å². The molecule has 4 rings (SSSR count). The number of hydrogen-bond donors (Lipinski definition) is 0. The summed E-state index contributed by atoms with van der Waals surface area (Å²) in [5, 5.41) is 1.85. The van der Waals surface area contributed by atoms with Gasteiger partial charge in [-0.2, -0.15) is 0 Å². The van der Waals surface area contributed by atoms with E-state index in [1.807, 2.05) is 69.5 Å². The first-order valence-electron chi connectivity index (χ1n) is 9.86. The number of ether oxygens (including phenoxy) is 1. The molecule has 0 N–H and O–H groups in total. The monoisotopic (exact) mass is 421 g/mol. The van der Waals surface area contributed by atoms with Gasteiger partial charge in [-0.3, -0.25) is 4.79 Å². The Morgan fingerprint density at radius 2 is 1.73 bits per heavy atom. The highest BCUT2D eigenvalue weighted by molar-refractivity contribution is 7.07. The van der Waals surface area contributed by atoms with Crippen molar-refractivity contribution in [2.45, 2.75) is 45.5 Å². The lowest BCUT2D eigenvalue weighted by Gasteiger charge is -2.32. The van der Waals surface area contributed by atoms with Crippen molar-refractivity contribution in [1.82, 2.24) is 4.98 Å².